The van der Waals surface area contributed by atoms with E-state index in [1.807, 2.05) is 18.2 Å². The van der Waals surface area contributed by atoms with E-state index in [4.69, 9.17) is 0 Å². The highest BCUT2D eigenvalue weighted by atomic mass is 19.1. The van der Waals surface area contributed by atoms with Crippen molar-refractivity contribution in [1.29, 1.82) is 0 Å². The van der Waals surface area contributed by atoms with Crippen LogP contribution in [0.5, 0.6) is 0 Å². The molecule has 2 aromatic rings. The number of nitrogens with zero attached hydrogens (tertiary/aromatic N) is 2. The van der Waals surface area contributed by atoms with Crippen LogP contribution in [0.3, 0.4) is 0 Å². The Morgan fingerprint density at radius 1 is 1.04 bits per heavy atom. The number of fused-ring (bicyclic) bond motifs is 1. The molecule has 132 valence electrons. The van der Waals surface area contributed by atoms with Gasteiger partial charge in [-0.15, -0.1) is 0 Å². The first-order valence-electron chi connectivity index (χ1n) is 8.96. The lowest BCUT2D eigenvalue weighted by Gasteiger charge is -2.40. The minimum atomic E-state index is -0.202. The molecule has 1 fully saturated rings. The molecule has 0 amide bonds. The molecule has 1 unspecified atom stereocenters. The molecule has 2 N–H and O–H groups in total. The highest BCUT2D eigenvalue weighted by Gasteiger charge is 2.34. The van der Waals surface area contributed by atoms with Gasteiger partial charge >= 0.3 is 0 Å². The number of hydrogen-bond donors (Lipinski definition) is 2. The van der Waals surface area contributed by atoms with Crippen LogP contribution < -0.4 is 10.2 Å². The molecule has 5 heteroatoms. The smallest absolute Gasteiger partial charge is 0.158 e. The van der Waals surface area contributed by atoms with E-state index in [1.54, 1.807) is 0 Å². The zero-order valence-corrected chi connectivity index (χ0v) is 14.2. The van der Waals surface area contributed by atoms with E-state index in [1.165, 1.54) is 17.8 Å². The van der Waals surface area contributed by atoms with Crippen molar-refractivity contribution >= 4 is 11.4 Å². The summed E-state index contributed by atoms with van der Waals surface area (Å²) in [6.45, 7) is 2.95. The topological polar surface area (TPSA) is 38.7 Å². The zero-order valence-electron chi connectivity index (χ0n) is 14.2. The Kier molecular flexibility index (Phi) is 4.59. The fourth-order valence-electron chi connectivity index (χ4n) is 3.82. The second-order valence-electron chi connectivity index (χ2n) is 6.95. The molecule has 0 aliphatic carbocycles. The molecule has 0 radical (unpaired) electrons. The van der Waals surface area contributed by atoms with E-state index in [0.717, 1.165) is 43.7 Å². The molecule has 1 atom stereocenters. The number of para-hydroxylation sites is 2. The van der Waals surface area contributed by atoms with Crippen molar-refractivity contribution in [3.05, 3.63) is 59.9 Å². The Hall–Kier alpha value is -2.11. The fraction of sp³-hybridized carbons (Fsp3) is 0.400. The lowest BCUT2D eigenvalue weighted by molar-refractivity contribution is 0.108. The second-order valence-corrected chi connectivity index (χ2v) is 6.95. The van der Waals surface area contributed by atoms with E-state index in [-0.39, 0.29) is 18.7 Å². The highest BCUT2D eigenvalue weighted by molar-refractivity contribution is 5.75. The number of halogens is 1. The minimum absolute atomic E-state index is 0.0992. The summed E-state index contributed by atoms with van der Waals surface area (Å²) in [4.78, 5) is 4.79. The average molecular weight is 341 g/mol. The Labute approximate surface area is 147 Å². The van der Waals surface area contributed by atoms with Gasteiger partial charge in [-0.05, 0) is 48.6 Å². The van der Waals surface area contributed by atoms with Crippen LogP contribution in [0.2, 0.25) is 0 Å². The maximum absolute atomic E-state index is 13.2. The quantitative estimate of drug-likeness (QED) is 0.895. The van der Waals surface area contributed by atoms with Gasteiger partial charge in [-0.25, -0.2) is 4.39 Å². The van der Waals surface area contributed by atoms with Crippen LogP contribution in [0.15, 0.2) is 48.5 Å². The third-order valence-electron chi connectivity index (χ3n) is 5.31. The van der Waals surface area contributed by atoms with Crippen molar-refractivity contribution < 1.29 is 9.50 Å². The first-order valence-corrected chi connectivity index (χ1v) is 8.96. The lowest BCUT2D eigenvalue weighted by Crippen LogP contribution is -2.52. The molecule has 2 aliphatic rings. The van der Waals surface area contributed by atoms with E-state index in [0.29, 0.717) is 5.92 Å². The molecular weight excluding hydrogens is 317 g/mol. The molecule has 2 aliphatic heterocycles. The van der Waals surface area contributed by atoms with E-state index in [9.17, 15) is 9.50 Å². The molecule has 0 aromatic heterocycles. The Morgan fingerprint density at radius 3 is 2.48 bits per heavy atom. The summed E-state index contributed by atoms with van der Waals surface area (Å²) in [5.74, 6) is 0.219. The Balaban J connectivity index is 1.56. The first-order chi connectivity index (χ1) is 12.2. The summed E-state index contributed by atoms with van der Waals surface area (Å²) >= 11 is 0. The van der Waals surface area contributed by atoms with Gasteiger partial charge in [-0.2, -0.15) is 0 Å². The van der Waals surface area contributed by atoms with Gasteiger partial charge in [0.2, 0.25) is 0 Å². The largest absolute Gasteiger partial charge is 0.396 e. The summed E-state index contributed by atoms with van der Waals surface area (Å²) in [6, 6.07) is 15.1. The molecule has 1 saturated heterocycles. The highest BCUT2D eigenvalue weighted by Crippen LogP contribution is 2.37. The zero-order chi connectivity index (χ0) is 17.2. The normalized spacial score (nSPS) is 21.2. The fourth-order valence-corrected chi connectivity index (χ4v) is 3.82. The summed E-state index contributed by atoms with van der Waals surface area (Å²) in [5, 5.41) is 13.0. The molecule has 25 heavy (non-hydrogen) atoms. The van der Waals surface area contributed by atoms with Gasteiger partial charge in [0, 0.05) is 26.2 Å². The lowest BCUT2D eigenvalue weighted by atomic mass is 9.98. The minimum Gasteiger partial charge on any atom is -0.396 e. The molecule has 4 rings (SSSR count). The molecule has 0 saturated carbocycles. The summed E-state index contributed by atoms with van der Waals surface area (Å²) < 4.78 is 13.2. The van der Waals surface area contributed by atoms with Crippen LogP contribution in [0.25, 0.3) is 0 Å². The van der Waals surface area contributed by atoms with Crippen LogP contribution in [0, 0.1) is 11.7 Å². The number of nitrogens with one attached hydrogen (secondary N) is 1. The standard InChI is InChI=1S/C20H24FN3O/c21-17-7-5-15(6-8-17)13-24-19-4-2-1-3-18(19)22-20(24)23-11-9-16(14-25)10-12-23/h1-8,16,20,22,25H,9-14H2. The molecule has 0 bridgehead atoms. The third kappa shape index (κ3) is 3.34. The average Bonchev–Trinajstić information content (AvgIpc) is 3.02. The molecule has 0 spiro atoms. The van der Waals surface area contributed by atoms with E-state index < -0.39 is 0 Å². The monoisotopic (exact) mass is 341 g/mol. The van der Waals surface area contributed by atoms with Crippen molar-refractivity contribution in [1.82, 2.24) is 4.90 Å². The molecular formula is C20H24FN3O. The van der Waals surface area contributed by atoms with Gasteiger partial charge in [-0.3, -0.25) is 4.90 Å². The third-order valence-corrected chi connectivity index (χ3v) is 5.31. The number of aliphatic hydroxyl groups is 1. The van der Waals surface area contributed by atoms with E-state index >= 15 is 0 Å². The van der Waals surface area contributed by atoms with Gasteiger partial charge in [0.25, 0.3) is 0 Å². The first kappa shape index (κ1) is 16.4. The van der Waals surface area contributed by atoms with Crippen LogP contribution in [-0.4, -0.2) is 36.0 Å². The summed E-state index contributed by atoms with van der Waals surface area (Å²) in [5.41, 5.74) is 3.41. The van der Waals surface area contributed by atoms with Crippen LogP contribution in [-0.2, 0) is 6.54 Å². The Morgan fingerprint density at radius 2 is 1.76 bits per heavy atom. The maximum Gasteiger partial charge on any atom is 0.158 e. The van der Waals surface area contributed by atoms with Crippen molar-refractivity contribution in [3.8, 4) is 0 Å². The summed E-state index contributed by atoms with van der Waals surface area (Å²) in [7, 11) is 0. The van der Waals surface area contributed by atoms with Crippen LogP contribution >= 0.6 is 0 Å². The summed E-state index contributed by atoms with van der Waals surface area (Å²) in [6.07, 6.45) is 2.15. The van der Waals surface area contributed by atoms with Crippen molar-refractivity contribution in [2.24, 2.45) is 5.92 Å². The van der Waals surface area contributed by atoms with Crippen LogP contribution in [0.4, 0.5) is 15.8 Å². The second kappa shape index (κ2) is 7.02. The number of likely N-dealkylation sites (tertiary alicyclic amines) is 1. The predicted molar refractivity (Wildman–Crippen MR) is 97.8 cm³/mol. The van der Waals surface area contributed by atoms with Gasteiger partial charge in [0.1, 0.15) is 5.82 Å². The van der Waals surface area contributed by atoms with Crippen LogP contribution in [0.1, 0.15) is 18.4 Å². The van der Waals surface area contributed by atoms with Gasteiger partial charge in [0.15, 0.2) is 6.29 Å². The molecule has 2 heterocycles. The van der Waals surface area contributed by atoms with Gasteiger partial charge in [-0.1, -0.05) is 24.3 Å². The van der Waals surface area contributed by atoms with Gasteiger partial charge < -0.3 is 15.3 Å². The number of hydrogen-bond acceptors (Lipinski definition) is 4. The number of piperidine rings is 1. The number of rotatable bonds is 4. The maximum atomic E-state index is 13.2. The molecule has 2 aromatic carbocycles. The van der Waals surface area contributed by atoms with Crippen molar-refractivity contribution in [3.63, 3.8) is 0 Å². The van der Waals surface area contributed by atoms with Crippen molar-refractivity contribution in [2.45, 2.75) is 25.7 Å². The SMILES string of the molecule is OCC1CCN(C2Nc3ccccc3N2Cc2ccc(F)cc2)CC1. The number of benzene rings is 2. The van der Waals surface area contributed by atoms with E-state index in [2.05, 4.69) is 33.3 Å². The number of aliphatic hydroxyl groups excluding tert-OH is 1. The van der Waals surface area contributed by atoms with Crippen molar-refractivity contribution in [2.75, 3.05) is 29.9 Å². The number of anilines is 2. The van der Waals surface area contributed by atoms with Gasteiger partial charge in [0.05, 0.1) is 11.4 Å². The Bertz CT molecular complexity index is 713. The molecule has 4 nitrogen and oxygen atoms in total. The predicted octanol–water partition coefficient (Wildman–Crippen LogP) is 3.25.